The van der Waals surface area contributed by atoms with E-state index in [0.29, 0.717) is 6.04 Å². The number of benzene rings is 1. The summed E-state index contributed by atoms with van der Waals surface area (Å²) in [7, 11) is 1.95. The topological polar surface area (TPSA) is 24.9 Å². The second kappa shape index (κ2) is 7.76. The molecular weight excluding hydrogens is 339 g/mol. The Hall–Kier alpha value is -0.910. The molecule has 0 saturated heterocycles. The zero-order valence-corrected chi connectivity index (χ0v) is 13.5. The van der Waals surface area contributed by atoms with Crippen LogP contribution in [0.3, 0.4) is 0 Å². The molecule has 0 bridgehead atoms. The highest BCUT2D eigenvalue weighted by atomic mass is 79.9. The van der Waals surface area contributed by atoms with Crippen LogP contribution in [0.2, 0.25) is 0 Å². The molecule has 0 aliphatic rings. The third-order valence-corrected chi connectivity index (χ3v) is 4.49. The molecule has 0 spiro atoms. The number of halogens is 2. The molecule has 1 aromatic carbocycles. The number of nitrogens with zero attached hydrogens (tertiary/aromatic N) is 1. The summed E-state index contributed by atoms with van der Waals surface area (Å²) in [6, 6.07) is 9.10. The molecule has 2 rings (SSSR count). The van der Waals surface area contributed by atoms with Crippen LogP contribution < -0.4 is 5.32 Å². The zero-order chi connectivity index (χ0) is 14.4. The van der Waals surface area contributed by atoms with Gasteiger partial charge < -0.3 is 5.32 Å². The number of likely N-dealkylation sites (N-methyl/N-ethyl adjacent to an activating group) is 1. The summed E-state index contributed by atoms with van der Waals surface area (Å²) in [5, 5.41) is 3.30. The van der Waals surface area contributed by atoms with Crippen molar-refractivity contribution in [2.75, 3.05) is 12.8 Å². The lowest BCUT2D eigenvalue weighted by atomic mass is 10.1. The van der Waals surface area contributed by atoms with E-state index in [-0.39, 0.29) is 5.82 Å². The van der Waals surface area contributed by atoms with Gasteiger partial charge in [-0.1, -0.05) is 6.07 Å². The van der Waals surface area contributed by atoms with Crippen LogP contribution in [-0.4, -0.2) is 23.8 Å². The van der Waals surface area contributed by atoms with Crippen molar-refractivity contribution in [2.24, 2.45) is 0 Å². The first-order valence-corrected chi connectivity index (χ1v) is 8.10. The van der Waals surface area contributed by atoms with Gasteiger partial charge in [0.15, 0.2) is 0 Å². The van der Waals surface area contributed by atoms with E-state index in [9.17, 15) is 4.39 Å². The van der Waals surface area contributed by atoms with Crippen molar-refractivity contribution in [3.05, 3.63) is 58.6 Å². The van der Waals surface area contributed by atoms with Crippen molar-refractivity contribution < 1.29 is 4.39 Å². The first kappa shape index (κ1) is 15.5. The summed E-state index contributed by atoms with van der Waals surface area (Å²) in [4.78, 5) is 5.13. The van der Waals surface area contributed by atoms with Gasteiger partial charge in [-0.15, -0.1) is 11.8 Å². The Balaban J connectivity index is 1.92. The summed E-state index contributed by atoms with van der Waals surface area (Å²) >= 11 is 5.08. The van der Waals surface area contributed by atoms with E-state index >= 15 is 0 Å². The summed E-state index contributed by atoms with van der Waals surface area (Å²) in [5.74, 6) is 0.694. The number of aromatic nitrogens is 1. The lowest BCUT2D eigenvalue weighted by Crippen LogP contribution is -2.30. The van der Waals surface area contributed by atoms with E-state index in [0.717, 1.165) is 21.5 Å². The van der Waals surface area contributed by atoms with E-state index in [1.54, 1.807) is 30.1 Å². The molecular formula is C15H16BrFN2S. The highest BCUT2D eigenvalue weighted by Crippen LogP contribution is 2.21. The van der Waals surface area contributed by atoms with Crippen molar-refractivity contribution in [3.8, 4) is 0 Å². The van der Waals surface area contributed by atoms with Gasteiger partial charge in [0.1, 0.15) is 5.82 Å². The van der Waals surface area contributed by atoms with Gasteiger partial charge in [0.2, 0.25) is 0 Å². The minimum absolute atomic E-state index is 0.188. The fraction of sp³-hybridized carbons (Fsp3) is 0.267. The van der Waals surface area contributed by atoms with E-state index < -0.39 is 0 Å². The predicted octanol–water partition coefficient (Wildman–Crippen LogP) is 3.91. The summed E-state index contributed by atoms with van der Waals surface area (Å²) in [6.45, 7) is 0. The van der Waals surface area contributed by atoms with Gasteiger partial charge in [0.25, 0.3) is 0 Å². The van der Waals surface area contributed by atoms with Crippen LogP contribution in [0.4, 0.5) is 4.39 Å². The monoisotopic (exact) mass is 354 g/mol. The lowest BCUT2D eigenvalue weighted by Gasteiger charge is -2.16. The lowest BCUT2D eigenvalue weighted by molar-refractivity contribution is 0.614. The normalized spacial score (nSPS) is 12.3. The average molecular weight is 355 g/mol. The molecule has 2 aromatic rings. The Bertz CT molecular complexity index is 565. The molecule has 106 valence electrons. The number of thioether (sulfide) groups is 1. The van der Waals surface area contributed by atoms with Gasteiger partial charge in [-0.05, 0) is 59.2 Å². The summed E-state index contributed by atoms with van der Waals surface area (Å²) in [6.07, 6.45) is 4.55. The van der Waals surface area contributed by atoms with Gasteiger partial charge in [-0.2, -0.15) is 0 Å². The smallest absolute Gasteiger partial charge is 0.124 e. The van der Waals surface area contributed by atoms with Crippen LogP contribution in [0.1, 0.15) is 5.56 Å². The molecule has 0 aliphatic carbocycles. The number of rotatable bonds is 6. The van der Waals surface area contributed by atoms with Crippen molar-refractivity contribution in [2.45, 2.75) is 17.4 Å². The number of hydrogen-bond acceptors (Lipinski definition) is 3. The molecule has 20 heavy (non-hydrogen) atoms. The SMILES string of the molecule is CNC(CSc1cccc(F)c1)Cc1cncc(Br)c1. The second-order valence-corrected chi connectivity index (χ2v) is 6.48. The van der Waals surface area contributed by atoms with Crippen molar-refractivity contribution >= 4 is 27.7 Å². The molecule has 1 N–H and O–H groups in total. The molecule has 0 fully saturated rings. The third-order valence-electron chi connectivity index (χ3n) is 2.90. The van der Waals surface area contributed by atoms with E-state index in [1.807, 2.05) is 19.3 Å². The maximum atomic E-state index is 13.1. The van der Waals surface area contributed by atoms with Crippen LogP contribution in [0.5, 0.6) is 0 Å². The largest absolute Gasteiger partial charge is 0.316 e. The fourth-order valence-electron chi connectivity index (χ4n) is 1.85. The zero-order valence-electron chi connectivity index (χ0n) is 11.1. The van der Waals surface area contributed by atoms with E-state index in [2.05, 4.69) is 32.3 Å². The van der Waals surface area contributed by atoms with Gasteiger partial charge in [0, 0.05) is 33.6 Å². The Labute approximate surface area is 131 Å². The van der Waals surface area contributed by atoms with Gasteiger partial charge >= 0.3 is 0 Å². The first-order chi connectivity index (χ1) is 9.67. The maximum Gasteiger partial charge on any atom is 0.124 e. The Morgan fingerprint density at radius 2 is 2.20 bits per heavy atom. The summed E-state index contributed by atoms with van der Waals surface area (Å²) in [5.41, 5.74) is 1.18. The number of hydrogen-bond donors (Lipinski definition) is 1. The standard InChI is InChI=1S/C15H16BrFN2S/c1-18-14(6-11-5-12(16)9-19-8-11)10-20-15-4-2-3-13(17)7-15/h2-5,7-9,14,18H,6,10H2,1H3. The Morgan fingerprint density at radius 3 is 2.90 bits per heavy atom. The quantitative estimate of drug-likeness (QED) is 0.796. The minimum Gasteiger partial charge on any atom is -0.316 e. The van der Waals surface area contributed by atoms with Crippen LogP contribution in [0.25, 0.3) is 0 Å². The molecule has 1 heterocycles. The second-order valence-electron chi connectivity index (χ2n) is 4.47. The molecule has 2 nitrogen and oxygen atoms in total. The van der Waals surface area contributed by atoms with Gasteiger partial charge in [-0.3, -0.25) is 4.98 Å². The fourth-order valence-corrected chi connectivity index (χ4v) is 3.31. The Morgan fingerprint density at radius 1 is 1.35 bits per heavy atom. The highest BCUT2D eigenvalue weighted by molar-refractivity contribution is 9.10. The highest BCUT2D eigenvalue weighted by Gasteiger charge is 2.09. The molecule has 1 unspecified atom stereocenters. The molecule has 0 aliphatic heterocycles. The predicted molar refractivity (Wildman–Crippen MR) is 85.6 cm³/mol. The first-order valence-electron chi connectivity index (χ1n) is 6.32. The van der Waals surface area contributed by atoms with Crippen LogP contribution >= 0.6 is 27.7 Å². The van der Waals surface area contributed by atoms with Crippen molar-refractivity contribution in [1.82, 2.24) is 10.3 Å². The van der Waals surface area contributed by atoms with Crippen LogP contribution in [0, 0.1) is 5.82 Å². The van der Waals surface area contributed by atoms with Gasteiger partial charge in [-0.25, -0.2) is 4.39 Å². The number of nitrogens with one attached hydrogen (secondary N) is 1. The maximum absolute atomic E-state index is 13.1. The molecule has 0 radical (unpaired) electrons. The van der Waals surface area contributed by atoms with Crippen molar-refractivity contribution in [1.29, 1.82) is 0 Å². The van der Waals surface area contributed by atoms with Crippen LogP contribution in [0.15, 0.2) is 52.1 Å². The molecule has 0 saturated carbocycles. The number of pyridine rings is 1. The Kier molecular flexibility index (Phi) is 6.01. The van der Waals surface area contributed by atoms with E-state index in [4.69, 9.17) is 0 Å². The third kappa shape index (κ3) is 4.89. The van der Waals surface area contributed by atoms with Crippen molar-refractivity contribution in [3.63, 3.8) is 0 Å². The average Bonchev–Trinajstić information content (AvgIpc) is 2.43. The molecule has 0 amide bonds. The molecule has 1 aromatic heterocycles. The van der Waals surface area contributed by atoms with E-state index in [1.165, 1.54) is 11.6 Å². The van der Waals surface area contributed by atoms with Crippen LogP contribution in [-0.2, 0) is 6.42 Å². The van der Waals surface area contributed by atoms with Gasteiger partial charge in [0.05, 0.1) is 0 Å². The summed E-state index contributed by atoms with van der Waals surface area (Å²) < 4.78 is 14.1. The molecule has 1 atom stereocenters. The minimum atomic E-state index is -0.188. The molecule has 5 heteroatoms.